The number of aliphatic hydroxyl groups is 1. The van der Waals surface area contributed by atoms with Crippen LogP contribution in [0.4, 0.5) is 13.2 Å². The number of aromatic amines is 1. The van der Waals surface area contributed by atoms with Crippen LogP contribution >= 0.6 is 0 Å². The van der Waals surface area contributed by atoms with Gasteiger partial charge in [0.15, 0.2) is 0 Å². The van der Waals surface area contributed by atoms with Gasteiger partial charge in [-0.3, -0.25) is 9.58 Å². The third-order valence-corrected chi connectivity index (χ3v) is 8.32. The van der Waals surface area contributed by atoms with Gasteiger partial charge in [0.1, 0.15) is 29.3 Å². The van der Waals surface area contributed by atoms with Crippen molar-refractivity contribution in [3.63, 3.8) is 0 Å². The molecule has 0 radical (unpaired) electrons. The van der Waals surface area contributed by atoms with E-state index in [4.69, 9.17) is 9.84 Å². The molecule has 0 amide bonds. The van der Waals surface area contributed by atoms with Crippen LogP contribution in [-0.4, -0.2) is 78.1 Å². The number of nitrogens with one attached hydrogen (secondary N) is 2. The Morgan fingerprint density at radius 3 is 2.74 bits per heavy atom. The molecule has 2 aliphatic rings. The first-order valence-corrected chi connectivity index (χ1v) is 14.3. The molecule has 0 unspecified atom stereocenters. The van der Waals surface area contributed by atoms with Crippen molar-refractivity contribution >= 4 is 11.0 Å². The van der Waals surface area contributed by atoms with E-state index in [1.54, 1.807) is 6.20 Å². The molecule has 43 heavy (non-hydrogen) atoms. The molecule has 0 aromatic carbocycles. The molecule has 1 aliphatic carbocycles. The summed E-state index contributed by atoms with van der Waals surface area (Å²) in [5.41, 5.74) is 1.35. The van der Waals surface area contributed by atoms with Gasteiger partial charge in [-0.15, -0.1) is 0 Å². The van der Waals surface area contributed by atoms with Crippen LogP contribution in [-0.2, 0) is 18.3 Å². The fraction of sp³-hybridized carbons (Fsp3) is 0.483. The Kier molecular flexibility index (Phi) is 8.04. The van der Waals surface area contributed by atoms with Crippen molar-refractivity contribution in [2.75, 3.05) is 26.2 Å². The van der Waals surface area contributed by atoms with Crippen LogP contribution in [0.5, 0.6) is 5.88 Å². The van der Waals surface area contributed by atoms with Crippen molar-refractivity contribution in [3.8, 4) is 23.2 Å². The van der Waals surface area contributed by atoms with Gasteiger partial charge < -0.3 is 20.1 Å². The van der Waals surface area contributed by atoms with E-state index >= 15 is 0 Å². The summed E-state index contributed by atoms with van der Waals surface area (Å²) in [6.45, 7) is 1.70. The molecule has 2 fully saturated rings. The number of hydrogen-bond donors (Lipinski definition) is 3. The van der Waals surface area contributed by atoms with E-state index in [2.05, 4.69) is 41.3 Å². The molecule has 0 atom stereocenters. The Hall–Kier alpha value is -4.06. The van der Waals surface area contributed by atoms with Crippen molar-refractivity contribution in [2.24, 2.45) is 0 Å². The number of fused-ring (bicyclic) bond motifs is 1. The minimum absolute atomic E-state index is 0.0360. The number of pyridine rings is 1. The van der Waals surface area contributed by atoms with Crippen molar-refractivity contribution in [1.82, 2.24) is 39.9 Å². The Morgan fingerprint density at radius 2 is 2.00 bits per heavy atom. The Morgan fingerprint density at radius 1 is 1.19 bits per heavy atom. The van der Waals surface area contributed by atoms with Gasteiger partial charge in [0.25, 0.3) is 0 Å². The van der Waals surface area contributed by atoms with Crippen LogP contribution < -0.4 is 10.1 Å². The first kappa shape index (κ1) is 29.0. The molecule has 0 bridgehead atoms. The number of alkyl halides is 3. The largest absolute Gasteiger partial charge is 0.474 e. The molecule has 1 saturated carbocycles. The minimum Gasteiger partial charge on any atom is -0.474 e. The monoisotopic (exact) mass is 595 g/mol. The van der Waals surface area contributed by atoms with Crippen molar-refractivity contribution in [1.29, 1.82) is 5.26 Å². The van der Waals surface area contributed by atoms with Crippen LogP contribution in [0.15, 0.2) is 43.1 Å². The second kappa shape index (κ2) is 11.9. The highest BCUT2D eigenvalue weighted by Crippen LogP contribution is 2.39. The molecule has 5 heterocycles. The summed E-state index contributed by atoms with van der Waals surface area (Å²) < 4.78 is 48.2. The summed E-state index contributed by atoms with van der Waals surface area (Å²) in [6.07, 6.45) is 5.59. The zero-order valence-electron chi connectivity index (χ0n) is 23.4. The number of aliphatic hydroxyl groups excluding tert-OH is 1. The van der Waals surface area contributed by atoms with Gasteiger partial charge in [-0.1, -0.05) is 0 Å². The molecule has 4 aromatic heterocycles. The summed E-state index contributed by atoms with van der Waals surface area (Å²) >= 11 is 0. The summed E-state index contributed by atoms with van der Waals surface area (Å²) in [5, 5.41) is 27.0. The Bertz CT molecular complexity index is 1600. The predicted molar refractivity (Wildman–Crippen MR) is 150 cm³/mol. The average molecular weight is 596 g/mol. The molecule has 3 N–H and O–H groups in total. The molecular weight excluding hydrogens is 563 g/mol. The van der Waals surface area contributed by atoms with Gasteiger partial charge in [-0.2, -0.15) is 23.5 Å². The van der Waals surface area contributed by atoms with Crippen LogP contribution in [0.1, 0.15) is 43.4 Å². The number of ether oxygens (including phenoxy) is 1. The number of nitriles is 1. The van der Waals surface area contributed by atoms with E-state index in [0.29, 0.717) is 37.9 Å². The summed E-state index contributed by atoms with van der Waals surface area (Å²) in [5.74, 6) is -0.0360. The number of likely N-dealkylation sites (tertiary alicyclic amines) is 1. The second-order valence-corrected chi connectivity index (χ2v) is 11.2. The SMILES string of the molecule is N#CCC1(n2cc(-c3ncnc4[nH]ccc34)cn2)CN(C2CCC(Oc3cc(CNCCO)cc(C(F)(F)F)n3)CC2)C1. The molecule has 6 rings (SSSR count). The maximum absolute atomic E-state index is 13.5. The van der Waals surface area contributed by atoms with E-state index in [1.807, 2.05) is 23.1 Å². The lowest BCUT2D eigenvalue weighted by molar-refractivity contribution is -0.141. The van der Waals surface area contributed by atoms with Crippen LogP contribution in [0.25, 0.3) is 22.3 Å². The molecule has 11 nitrogen and oxygen atoms in total. The lowest BCUT2D eigenvalue weighted by Crippen LogP contribution is -2.65. The van der Waals surface area contributed by atoms with E-state index in [1.165, 1.54) is 12.4 Å². The summed E-state index contributed by atoms with van der Waals surface area (Å²) in [4.78, 5) is 17.9. The van der Waals surface area contributed by atoms with Gasteiger partial charge in [0.05, 0.1) is 31.0 Å². The van der Waals surface area contributed by atoms with E-state index in [-0.39, 0.29) is 37.7 Å². The number of halogens is 3. The van der Waals surface area contributed by atoms with Gasteiger partial charge in [0.2, 0.25) is 5.88 Å². The lowest BCUT2D eigenvalue weighted by Gasteiger charge is -2.53. The fourth-order valence-electron chi connectivity index (χ4n) is 6.14. The minimum atomic E-state index is -4.59. The fourth-order valence-corrected chi connectivity index (χ4v) is 6.14. The number of rotatable bonds is 10. The molecule has 4 aromatic rings. The van der Waals surface area contributed by atoms with Crippen LogP contribution in [0, 0.1) is 11.3 Å². The van der Waals surface area contributed by atoms with Gasteiger partial charge in [-0.05, 0) is 43.4 Å². The normalized spacial score (nSPS) is 20.5. The summed E-state index contributed by atoms with van der Waals surface area (Å²) in [7, 11) is 0. The zero-order chi connectivity index (χ0) is 30.0. The highest BCUT2D eigenvalue weighted by molar-refractivity contribution is 5.90. The van der Waals surface area contributed by atoms with E-state index in [0.717, 1.165) is 41.2 Å². The number of H-pyrrole nitrogens is 1. The third kappa shape index (κ3) is 6.06. The number of hydrogen-bond acceptors (Lipinski definition) is 9. The van der Waals surface area contributed by atoms with Gasteiger partial charge in [0, 0.05) is 61.6 Å². The van der Waals surface area contributed by atoms with Crippen LogP contribution in [0.3, 0.4) is 0 Å². The molecule has 226 valence electrons. The predicted octanol–water partition coefficient (Wildman–Crippen LogP) is 3.63. The van der Waals surface area contributed by atoms with Crippen molar-refractivity contribution in [2.45, 2.75) is 62.5 Å². The highest BCUT2D eigenvalue weighted by Gasteiger charge is 2.48. The van der Waals surface area contributed by atoms with Gasteiger partial charge in [-0.25, -0.2) is 15.0 Å². The summed E-state index contributed by atoms with van der Waals surface area (Å²) in [6, 6.07) is 7.08. The van der Waals surface area contributed by atoms with E-state index < -0.39 is 17.4 Å². The smallest absolute Gasteiger partial charge is 0.433 e. The first-order chi connectivity index (χ1) is 20.8. The maximum atomic E-state index is 13.5. The molecule has 0 spiro atoms. The Balaban J connectivity index is 1.08. The quantitative estimate of drug-likeness (QED) is 0.235. The van der Waals surface area contributed by atoms with Gasteiger partial charge >= 0.3 is 6.18 Å². The molecule has 1 aliphatic heterocycles. The van der Waals surface area contributed by atoms with Crippen LogP contribution in [0.2, 0.25) is 0 Å². The Labute approximate surface area is 245 Å². The average Bonchev–Trinajstić information content (AvgIpc) is 3.65. The molecule has 14 heteroatoms. The standard InChI is InChI=1S/C29H32F3N9O2/c30-29(31,32)24-11-19(13-34-9-10-42)12-25(39-24)43-22-3-1-21(2-4-22)40-16-28(17-40,6-7-33)41-15-20(14-38-41)26-23-5-8-35-27(23)37-18-36-26/h5,8,11-12,14-15,18,21-22,34,42H,1-4,6,9-10,13,16-17H2,(H,35,36,37). The maximum Gasteiger partial charge on any atom is 0.433 e. The van der Waals surface area contributed by atoms with Crippen molar-refractivity contribution < 1.29 is 23.0 Å². The second-order valence-electron chi connectivity index (χ2n) is 11.2. The zero-order valence-corrected chi connectivity index (χ0v) is 23.4. The third-order valence-electron chi connectivity index (χ3n) is 8.32. The van der Waals surface area contributed by atoms with Crippen molar-refractivity contribution in [3.05, 3.63) is 54.4 Å². The highest BCUT2D eigenvalue weighted by atomic mass is 19.4. The molecular formula is C29H32F3N9O2. The lowest BCUT2D eigenvalue weighted by atomic mass is 9.82. The van der Waals surface area contributed by atoms with E-state index in [9.17, 15) is 18.4 Å². The topological polar surface area (TPSA) is 141 Å². The first-order valence-electron chi connectivity index (χ1n) is 14.3. The number of nitrogens with zero attached hydrogens (tertiary/aromatic N) is 7. The number of aromatic nitrogens is 6. The molecule has 1 saturated heterocycles.